The standard InChI is InChI=1S/C20H23N3O2S/c1-21-20(25)14-4-6-15(7-5-14)22-18(24)12-23-10-8-17-16(9-11-26-17)19(23)13-2-3-13/h4-7,9,11,13,19H,2-3,8,10,12H2,1H3,(H,21,25)(H,22,24)/p+1/t19-/m1/s1. The van der Waals surface area contributed by atoms with Gasteiger partial charge in [0.05, 0.1) is 6.54 Å². The predicted octanol–water partition coefficient (Wildman–Crippen LogP) is 1.64. The Balaban J connectivity index is 1.41. The van der Waals surface area contributed by atoms with Crippen LogP contribution in [0.15, 0.2) is 35.7 Å². The van der Waals surface area contributed by atoms with Crippen molar-refractivity contribution in [1.82, 2.24) is 5.32 Å². The molecule has 3 N–H and O–H groups in total. The molecule has 1 aromatic heterocycles. The number of anilines is 1. The Morgan fingerprint density at radius 2 is 1.96 bits per heavy atom. The highest BCUT2D eigenvalue weighted by Crippen LogP contribution is 2.42. The van der Waals surface area contributed by atoms with Crippen molar-refractivity contribution >= 4 is 28.8 Å². The lowest BCUT2D eigenvalue weighted by molar-refractivity contribution is -0.928. The van der Waals surface area contributed by atoms with E-state index >= 15 is 0 Å². The summed E-state index contributed by atoms with van der Waals surface area (Å²) in [6.07, 6.45) is 3.64. The number of nitrogens with one attached hydrogen (secondary N) is 3. The monoisotopic (exact) mass is 370 g/mol. The number of benzene rings is 1. The highest BCUT2D eigenvalue weighted by atomic mass is 32.1. The van der Waals surface area contributed by atoms with Crippen LogP contribution in [0.5, 0.6) is 0 Å². The number of thiophene rings is 1. The smallest absolute Gasteiger partial charge is 0.279 e. The average Bonchev–Trinajstić information content (AvgIpc) is 3.37. The number of hydrogen-bond donors (Lipinski definition) is 3. The summed E-state index contributed by atoms with van der Waals surface area (Å²) in [4.78, 5) is 27.1. The SMILES string of the molecule is CNC(=O)c1ccc(NC(=O)C[NH+]2CCc3sccc3[C@H]2C2CC2)cc1. The van der Waals surface area contributed by atoms with Crippen molar-refractivity contribution in [2.75, 3.05) is 25.5 Å². The number of carbonyl (C=O) groups is 2. The molecule has 0 bridgehead atoms. The average molecular weight is 370 g/mol. The summed E-state index contributed by atoms with van der Waals surface area (Å²) >= 11 is 1.86. The summed E-state index contributed by atoms with van der Waals surface area (Å²) in [6.45, 7) is 1.52. The fourth-order valence-corrected chi connectivity index (χ4v) is 4.89. The van der Waals surface area contributed by atoms with Crippen LogP contribution in [-0.2, 0) is 11.2 Å². The van der Waals surface area contributed by atoms with E-state index in [-0.39, 0.29) is 11.8 Å². The fraction of sp³-hybridized carbons (Fsp3) is 0.400. The number of rotatable bonds is 5. The second kappa shape index (κ2) is 7.21. The first-order chi connectivity index (χ1) is 12.7. The Morgan fingerprint density at radius 3 is 2.65 bits per heavy atom. The molecule has 26 heavy (non-hydrogen) atoms. The molecule has 2 atom stereocenters. The van der Waals surface area contributed by atoms with Crippen molar-refractivity contribution in [3.63, 3.8) is 0 Å². The zero-order valence-corrected chi connectivity index (χ0v) is 15.7. The Morgan fingerprint density at radius 1 is 1.19 bits per heavy atom. The molecule has 1 aromatic carbocycles. The minimum atomic E-state index is -0.125. The predicted molar refractivity (Wildman–Crippen MR) is 103 cm³/mol. The van der Waals surface area contributed by atoms with Crippen molar-refractivity contribution in [2.45, 2.75) is 25.3 Å². The molecule has 2 heterocycles. The van der Waals surface area contributed by atoms with Gasteiger partial charge in [0.15, 0.2) is 6.54 Å². The first-order valence-corrected chi connectivity index (χ1v) is 10.1. The van der Waals surface area contributed by atoms with E-state index in [2.05, 4.69) is 22.1 Å². The van der Waals surface area contributed by atoms with Gasteiger partial charge in [0.1, 0.15) is 6.04 Å². The maximum absolute atomic E-state index is 12.6. The lowest BCUT2D eigenvalue weighted by atomic mass is 9.96. The van der Waals surface area contributed by atoms with E-state index in [1.165, 1.54) is 28.2 Å². The molecule has 4 rings (SSSR count). The van der Waals surface area contributed by atoms with Crippen molar-refractivity contribution < 1.29 is 14.5 Å². The van der Waals surface area contributed by atoms with E-state index in [0.717, 1.165) is 24.6 Å². The van der Waals surface area contributed by atoms with E-state index in [0.29, 0.717) is 18.2 Å². The van der Waals surface area contributed by atoms with E-state index < -0.39 is 0 Å². The number of amides is 2. The van der Waals surface area contributed by atoms with E-state index in [1.54, 1.807) is 31.3 Å². The van der Waals surface area contributed by atoms with Crippen LogP contribution in [0.4, 0.5) is 5.69 Å². The molecular formula is C20H24N3O2S+. The lowest BCUT2D eigenvalue weighted by Gasteiger charge is -2.32. The van der Waals surface area contributed by atoms with Gasteiger partial charge in [-0.05, 0) is 48.6 Å². The highest BCUT2D eigenvalue weighted by molar-refractivity contribution is 7.10. The molecule has 1 saturated carbocycles. The van der Waals surface area contributed by atoms with Crippen LogP contribution < -0.4 is 15.5 Å². The van der Waals surface area contributed by atoms with Gasteiger partial charge in [-0.1, -0.05) is 0 Å². The van der Waals surface area contributed by atoms with Gasteiger partial charge in [-0.15, -0.1) is 11.3 Å². The van der Waals surface area contributed by atoms with Crippen LogP contribution in [0.25, 0.3) is 0 Å². The number of carbonyl (C=O) groups excluding carboxylic acids is 2. The van der Waals surface area contributed by atoms with E-state index in [1.807, 2.05) is 11.3 Å². The normalized spacial score (nSPS) is 21.7. The number of fused-ring (bicyclic) bond motifs is 1. The zero-order valence-electron chi connectivity index (χ0n) is 14.9. The summed E-state index contributed by atoms with van der Waals surface area (Å²) in [7, 11) is 1.61. The molecule has 1 fully saturated rings. The summed E-state index contributed by atoms with van der Waals surface area (Å²) < 4.78 is 0. The fourth-order valence-electron chi connectivity index (χ4n) is 3.96. The minimum Gasteiger partial charge on any atom is -0.355 e. The number of hydrogen-bond acceptors (Lipinski definition) is 3. The van der Waals surface area contributed by atoms with Crippen molar-refractivity contribution in [1.29, 1.82) is 0 Å². The van der Waals surface area contributed by atoms with Crippen LogP contribution in [0.2, 0.25) is 0 Å². The van der Waals surface area contributed by atoms with Gasteiger partial charge in [0, 0.05) is 41.1 Å². The molecular weight excluding hydrogens is 346 g/mol. The third-order valence-electron chi connectivity index (χ3n) is 5.37. The van der Waals surface area contributed by atoms with Crippen molar-refractivity contribution in [2.24, 2.45) is 5.92 Å². The first kappa shape index (κ1) is 17.2. The molecule has 2 aromatic rings. The van der Waals surface area contributed by atoms with Gasteiger partial charge in [0.2, 0.25) is 0 Å². The zero-order chi connectivity index (χ0) is 18.1. The molecule has 0 radical (unpaired) electrons. The Labute approximate surface area is 157 Å². The molecule has 0 saturated heterocycles. The van der Waals surface area contributed by atoms with Crippen molar-refractivity contribution in [3.05, 3.63) is 51.7 Å². The summed E-state index contributed by atoms with van der Waals surface area (Å²) in [5, 5.41) is 7.77. The second-order valence-electron chi connectivity index (χ2n) is 7.15. The Hall–Kier alpha value is -2.18. The van der Waals surface area contributed by atoms with Gasteiger partial charge in [0.25, 0.3) is 11.8 Å². The van der Waals surface area contributed by atoms with E-state index in [4.69, 9.17) is 0 Å². The molecule has 1 aliphatic heterocycles. The van der Waals surface area contributed by atoms with Gasteiger partial charge < -0.3 is 15.5 Å². The van der Waals surface area contributed by atoms with Crippen LogP contribution >= 0.6 is 11.3 Å². The second-order valence-corrected chi connectivity index (χ2v) is 8.15. The molecule has 2 amide bonds. The molecule has 1 unspecified atom stereocenters. The quantitative estimate of drug-likeness (QED) is 0.749. The summed E-state index contributed by atoms with van der Waals surface area (Å²) in [5.41, 5.74) is 2.80. The first-order valence-electron chi connectivity index (χ1n) is 9.18. The van der Waals surface area contributed by atoms with Crippen LogP contribution in [0.3, 0.4) is 0 Å². The molecule has 136 valence electrons. The van der Waals surface area contributed by atoms with Crippen LogP contribution in [0, 0.1) is 5.92 Å². The third kappa shape index (κ3) is 3.52. The van der Waals surface area contributed by atoms with Gasteiger partial charge in [-0.2, -0.15) is 0 Å². The number of quaternary nitrogens is 1. The van der Waals surface area contributed by atoms with Gasteiger partial charge >= 0.3 is 0 Å². The van der Waals surface area contributed by atoms with E-state index in [9.17, 15) is 9.59 Å². The molecule has 2 aliphatic rings. The van der Waals surface area contributed by atoms with Crippen molar-refractivity contribution in [3.8, 4) is 0 Å². The highest BCUT2D eigenvalue weighted by Gasteiger charge is 2.43. The third-order valence-corrected chi connectivity index (χ3v) is 6.36. The lowest BCUT2D eigenvalue weighted by Crippen LogP contribution is -3.14. The molecule has 0 spiro atoms. The maximum atomic E-state index is 12.6. The van der Waals surface area contributed by atoms with Crippen LogP contribution in [-0.4, -0.2) is 32.0 Å². The molecule has 1 aliphatic carbocycles. The largest absolute Gasteiger partial charge is 0.355 e. The summed E-state index contributed by atoms with van der Waals surface area (Å²) in [6, 6.07) is 9.76. The Bertz CT molecular complexity index is 811. The van der Waals surface area contributed by atoms with Crippen LogP contribution in [0.1, 0.15) is 39.7 Å². The van der Waals surface area contributed by atoms with Gasteiger partial charge in [-0.25, -0.2) is 0 Å². The summed E-state index contributed by atoms with van der Waals surface area (Å²) in [5.74, 6) is 0.648. The topological polar surface area (TPSA) is 62.6 Å². The minimum absolute atomic E-state index is 0.0389. The van der Waals surface area contributed by atoms with Gasteiger partial charge in [-0.3, -0.25) is 9.59 Å². The molecule has 5 nitrogen and oxygen atoms in total. The maximum Gasteiger partial charge on any atom is 0.279 e. The Kier molecular flexibility index (Phi) is 4.78. The molecule has 6 heteroatoms.